The van der Waals surface area contributed by atoms with Gasteiger partial charge in [0.15, 0.2) is 0 Å². The van der Waals surface area contributed by atoms with Crippen LogP contribution >= 0.6 is 0 Å². The highest BCUT2D eigenvalue weighted by Gasteiger charge is 2.12. The summed E-state index contributed by atoms with van der Waals surface area (Å²) in [5.41, 5.74) is 1.26. The molecule has 1 atom stereocenters. The van der Waals surface area contributed by atoms with Crippen LogP contribution in [-0.4, -0.2) is 19.1 Å². The minimum atomic E-state index is -0.405. The van der Waals surface area contributed by atoms with Gasteiger partial charge in [-0.15, -0.1) is 0 Å². The van der Waals surface area contributed by atoms with E-state index in [1.54, 1.807) is 18.2 Å². The molecule has 6 nitrogen and oxygen atoms in total. The molecule has 0 aliphatic carbocycles. The summed E-state index contributed by atoms with van der Waals surface area (Å²) < 4.78 is 10.1. The lowest BCUT2D eigenvalue weighted by Crippen LogP contribution is -2.36. The van der Waals surface area contributed by atoms with E-state index in [4.69, 9.17) is 4.42 Å². The summed E-state index contributed by atoms with van der Waals surface area (Å²) in [5, 5.41) is 5.54. The number of esters is 1. The number of rotatable bonds is 5. The maximum absolute atomic E-state index is 11.9. The van der Waals surface area contributed by atoms with Crippen LogP contribution in [0.15, 0.2) is 40.8 Å². The monoisotopic (exact) mass is 316 g/mol. The quantitative estimate of drug-likeness (QED) is 0.831. The minimum absolute atomic E-state index is 0.231. The average Bonchev–Trinajstić information content (AvgIpc) is 2.99. The zero-order valence-electron chi connectivity index (χ0n) is 13.4. The van der Waals surface area contributed by atoms with Crippen molar-refractivity contribution in [2.75, 3.05) is 7.11 Å². The molecule has 0 saturated heterocycles. The second-order valence-corrected chi connectivity index (χ2v) is 5.19. The molecule has 2 amide bonds. The van der Waals surface area contributed by atoms with E-state index in [0.29, 0.717) is 17.9 Å². The third-order valence-corrected chi connectivity index (χ3v) is 3.34. The van der Waals surface area contributed by atoms with Crippen LogP contribution in [0.1, 0.15) is 40.4 Å². The number of ether oxygens (including phenoxy) is 1. The number of furan rings is 1. The van der Waals surface area contributed by atoms with Crippen LogP contribution < -0.4 is 10.6 Å². The van der Waals surface area contributed by atoms with Crippen molar-refractivity contribution >= 4 is 12.0 Å². The lowest BCUT2D eigenvalue weighted by atomic mass is 10.1. The fourth-order valence-electron chi connectivity index (χ4n) is 2.11. The van der Waals surface area contributed by atoms with Gasteiger partial charge in [0.2, 0.25) is 0 Å². The molecule has 0 unspecified atom stereocenters. The van der Waals surface area contributed by atoms with Crippen LogP contribution in [0.3, 0.4) is 0 Å². The van der Waals surface area contributed by atoms with E-state index >= 15 is 0 Å². The highest BCUT2D eigenvalue weighted by atomic mass is 16.5. The Kier molecular flexibility index (Phi) is 5.41. The molecule has 2 aromatic rings. The van der Waals surface area contributed by atoms with Crippen LogP contribution in [0.5, 0.6) is 0 Å². The van der Waals surface area contributed by atoms with Gasteiger partial charge in [0.05, 0.1) is 18.7 Å². The molecule has 1 heterocycles. The Morgan fingerprint density at radius 3 is 2.70 bits per heavy atom. The Balaban J connectivity index is 1.88. The average molecular weight is 316 g/mol. The highest BCUT2D eigenvalue weighted by molar-refractivity contribution is 5.89. The zero-order valence-corrected chi connectivity index (χ0v) is 13.4. The predicted molar refractivity (Wildman–Crippen MR) is 85.0 cm³/mol. The molecule has 0 radical (unpaired) electrons. The van der Waals surface area contributed by atoms with Crippen molar-refractivity contribution < 1.29 is 18.7 Å². The molecule has 0 bridgehead atoms. The summed E-state index contributed by atoms with van der Waals surface area (Å²) in [6, 6.07) is 10.1. The van der Waals surface area contributed by atoms with Gasteiger partial charge in [-0.3, -0.25) is 0 Å². The number of aryl methyl sites for hydroxylation is 1. The van der Waals surface area contributed by atoms with E-state index in [9.17, 15) is 9.59 Å². The van der Waals surface area contributed by atoms with Crippen molar-refractivity contribution in [2.45, 2.75) is 26.4 Å². The predicted octanol–water partition coefficient (Wildman–Crippen LogP) is 2.94. The summed E-state index contributed by atoms with van der Waals surface area (Å²) in [6.07, 6.45) is 0. The molecule has 0 spiro atoms. The van der Waals surface area contributed by atoms with E-state index in [1.807, 2.05) is 32.0 Å². The van der Waals surface area contributed by atoms with E-state index in [0.717, 1.165) is 11.3 Å². The number of carbonyl (C=O) groups is 2. The van der Waals surface area contributed by atoms with Gasteiger partial charge in [0.25, 0.3) is 0 Å². The first-order chi connectivity index (χ1) is 11.0. The molecule has 0 aliphatic heterocycles. The van der Waals surface area contributed by atoms with Crippen LogP contribution in [0.4, 0.5) is 4.79 Å². The van der Waals surface area contributed by atoms with E-state index < -0.39 is 5.97 Å². The molecule has 1 aromatic heterocycles. The molecule has 0 aliphatic rings. The molecular formula is C17H20N2O4. The van der Waals surface area contributed by atoms with Crippen LogP contribution in [-0.2, 0) is 11.3 Å². The number of nitrogens with one attached hydrogen (secondary N) is 2. The number of hydrogen-bond acceptors (Lipinski definition) is 4. The van der Waals surface area contributed by atoms with Gasteiger partial charge >= 0.3 is 12.0 Å². The minimum Gasteiger partial charge on any atom is -0.465 e. The van der Waals surface area contributed by atoms with Gasteiger partial charge < -0.3 is 19.8 Å². The normalized spacial score (nSPS) is 11.6. The largest absolute Gasteiger partial charge is 0.465 e. The number of carbonyl (C=O) groups excluding carboxylic acids is 2. The van der Waals surface area contributed by atoms with Gasteiger partial charge in [0, 0.05) is 6.54 Å². The van der Waals surface area contributed by atoms with Crippen molar-refractivity contribution in [1.82, 2.24) is 10.6 Å². The van der Waals surface area contributed by atoms with Crippen molar-refractivity contribution in [1.29, 1.82) is 0 Å². The topological polar surface area (TPSA) is 80.6 Å². The summed E-state index contributed by atoms with van der Waals surface area (Å²) >= 11 is 0. The maximum atomic E-state index is 11.9. The lowest BCUT2D eigenvalue weighted by molar-refractivity contribution is 0.0600. The van der Waals surface area contributed by atoms with Crippen molar-refractivity contribution in [2.24, 2.45) is 0 Å². The lowest BCUT2D eigenvalue weighted by Gasteiger charge is -2.13. The first-order valence-corrected chi connectivity index (χ1v) is 7.27. The standard InChI is InChI=1S/C17H20N2O4/c1-11-7-8-15(23-11)12(2)19-17(21)18-10-13-5-4-6-14(9-13)16(20)22-3/h4-9,12H,10H2,1-3H3,(H2,18,19,21)/t12-/m1/s1. The second-order valence-electron chi connectivity index (χ2n) is 5.19. The number of benzene rings is 1. The third-order valence-electron chi connectivity index (χ3n) is 3.34. The fraction of sp³-hybridized carbons (Fsp3) is 0.294. The Hall–Kier alpha value is -2.76. The smallest absolute Gasteiger partial charge is 0.337 e. The fourth-order valence-corrected chi connectivity index (χ4v) is 2.11. The van der Waals surface area contributed by atoms with Crippen molar-refractivity contribution in [3.05, 3.63) is 59.0 Å². The number of urea groups is 1. The number of methoxy groups -OCH3 is 1. The van der Waals surface area contributed by atoms with Crippen molar-refractivity contribution in [3.8, 4) is 0 Å². The van der Waals surface area contributed by atoms with Gasteiger partial charge in [-0.2, -0.15) is 0 Å². The Labute approximate surface area is 134 Å². The zero-order chi connectivity index (χ0) is 16.8. The molecule has 6 heteroatoms. The molecule has 23 heavy (non-hydrogen) atoms. The third kappa shape index (κ3) is 4.60. The van der Waals surface area contributed by atoms with Gasteiger partial charge in [-0.05, 0) is 43.7 Å². The van der Waals surface area contributed by atoms with Gasteiger partial charge in [0.1, 0.15) is 11.5 Å². The van der Waals surface area contributed by atoms with Crippen LogP contribution in [0, 0.1) is 6.92 Å². The van der Waals surface area contributed by atoms with Gasteiger partial charge in [-0.1, -0.05) is 12.1 Å². The maximum Gasteiger partial charge on any atom is 0.337 e. The van der Waals surface area contributed by atoms with Gasteiger partial charge in [-0.25, -0.2) is 9.59 Å². The molecule has 122 valence electrons. The first kappa shape index (κ1) is 16.6. The first-order valence-electron chi connectivity index (χ1n) is 7.27. The molecule has 0 fully saturated rings. The molecule has 1 aromatic carbocycles. The van der Waals surface area contributed by atoms with Crippen molar-refractivity contribution in [3.63, 3.8) is 0 Å². The van der Waals surface area contributed by atoms with E-state index in [-0.39, 0.29) is 12.1 Å². The number of amides is 2. The summed E-state index contributed by atoms with van der Waals surface area (Å²) in [7, 11) is 1.33. The Morgan fingerprint density at radius 1 is 1.26 bits per heavy atom. The second kappa shape index (κ2) is 7.49. The Morgan fingerprint density at radius 2 is 2.04 bits per heavy atom. The van der Waals surface area contributed by atoms with Crippen LogP contribution in [0.2, 0.25) is 0 Å². The summed E-state index contributed by atoms with van der Waals surface area (Å²) in [5.74, 6) is 1.09. The molecular weight excluding hydrogens is 296 g/mol. The molecule has 2 N–H and O–H groups in total. The number of hydrogen-bond donors (Lipinski definition) is 2. The summed E-state index contributed by atoms with van der Waals surface area (Å²) in [6.45, 7) is 4.00. The summed E-state index contributed by atoms with van der Waals surface area (Å²) in [4.78, 5) is 23.4. The molecule has 0 saturated carbocycles. The van der Waals surface area contributed by atoms with E-state index in [1.165, 1.54) is 7.11 Å². The van der Waals surface area contributed by atoms with Crippen LogP contribution in [0.25, 0.3) is 0 Å². The highest BCUT2D eigenvalue weighted by Crippen LogP contribution is 2.15. The SMILES string of the molecule is COC(=O)c1cccc(CNC(=O)N[C@H](C)c2ccc(C)o2)c1. The Bertz CT molecular complexity index is 693. The van der Waals surface area contributed by atoms with E-state index in [2.05, 4.69) is 15.4 Å². The molecule has 2 rings (SSSR count).